The standard InChI is InChI=1S/C22H23NO3S2/c1-3-16-5-9-18(10-6-16)25-13-4-14-26-19-11-7-17(8-12-19)15-20-21(24)23(2)22(27)28-20/h5-12,15H,3-4,13-14H2,1-2H3/b20-15+. The van der Waals surface area contributed by atoms with Crippen molar-refractivity contribution in [3.8, 4) is 11.5 Å². The Morgan fingerprint density at radius 2 is 1.57 bits per heavy atom. The number of rotatable bonds is 8. The van der Waals surface area contributed by atoms with Gasteiger partial charge in [-0.2, -0.15) is 0 Å². The fourth-order valence-corrected chi connectivity index (χ4v) is 3.80. The molecule has 6 heteroatoms. The van der Waals surface area contributed by atoms with Crippen LogP contribution in [0.5, 0.6) is 11.5 Å². The van der Waals surface area contributed by atoms with E-state index >= 15 is 0 Å². The maximum absolute atomic E-state index is 12.0. The minimum atomic E-state index is -0.0559. The lowest BCUT2D eigenvalue weighted by Gasteiger charge is -2.09. The first kappa shape index (κ1) is 20.4. The van der Waals surface area contributed by atoms with Gasteiger partial charge in [-0.1, -0.05) is 55.2 Å². The van der Waals surface area contributed by atoms with Crippen LogP contribution < -0.4 is 9.47 Å². The predicted molar refractivity (Wildman–Crippen MR) is 119 cm³/mol. The first-order valence-corrected chi connectivity index (χ1v) is 10.5. The average molecular weight is 414 g/mol. The highest BCUT2D eigenvalue weighted by molar-refractivity contribution is 8.26. The average Bonchev–Trinajstić information content (AvgIpc) is 2.96. The minimum absolute atomic E-state index is 0.0559. The molecule has 0 bridgehead atoms. The fourth-order valence-electron chi connectivity index (χ4n) is 2.62. The van der Waals surface area contributed by atoms with Gasteiger partial charge < -0.3 is 9.47 Å². The van der Waals surface area contributed by atoms with E-state index in [1.165, 1.54) is 22.2 Å². The van der Waals surface area contributed by atoms with E-state index in [-0.39, 0.29) is 5.91 Å². The molecule has 0 atom stereocenters. The van der Waals surface area contributed by atoms with Crippen LogP contribution in [-0.4, -0.2) is 35.4 Å². The van der Waals surface area contributed by atoms with Crippen molar-refractivity contribution < 1.29 is 14.3 Å². The number of amides is 1. The highest BCUT2D eigenvalue weighted by Crippen LogP contribution is 2.31. The molecule has 1 aliphatic heterocycles. The van der Waals surface area contributed by atoms with Gasteiger partial charge in [0.2, 0.25) is 0 Å². The minimum Gasteiger partial charge on any atom is -0.493 e. The van der Waals surface area contributed by atoms with Crippen molar-refractivity contribution in [1.29, 1.82) is 0 Å². The van der Waals surface area contributed by atoms with E-state index in [2.05, 4.69) is 19.1 Å². The third-order valence-corrected chi connectivity index (χ3v) is 5.81. The number of hydrogen-bond donors (Lipinski definition) is 0. The van der Waals surface area contributed by atoms with Crippen LogP contribution in [0.3, 0.4) is 0 Å². The number of thiocarbonyl (C=S) groups is 1. The maximum atomic E-state index is 12.0. The summed E-state index contributed by atoms with van der Waals surface area (Å²) in [5.74, 6) is 1.63. The molecule has 146 valence electrons. The Balaban J connectivity index is 1.42. The third kappa shape index (κ3) is 5.36. The summed E-state index contributed by atoms with van der Waals surface area (Å²) < 4.78 is 12.1. The molecular formula is C22H23NO3S2. The number of hydrogen-bond acceptors (Lipinski definition) is 5. The van der Waals surface area contributed by atoms with Gasteiger partial charge >= 0.3 is 0 Å². The summed E-state index contributed by atoms with van der Waals surface area (Å²) in [6.45, 7) is 3.33. The molecule has 0 radical (unpaired) electrons. The van der Waals surface area contributed by atoms with Gasteiger partial charge in [-0.05, 0) is 47.9 Å². The second kappa shape index (κ2) is 9.75. The first-order chi connectivity index (χ1) is 13.6. The smallest absolute Gasteiger partial charge is 0.265 e. The van der Waals surface area contributed by atoms with Crippen LogP contribution in [0.15, 0.2) is 53.4 Å². The largest absolute Gasteiger partial charge is 0.493 e. The van der Waals surface area contributed by atoms with Crippen LogP contribution in [0.1, 0.15) is 24.5 Å². The SMILES string of the molecule is CCc1ccc(OCCCOc2ccc(/C=C3/SC(=S)N(C)C3=O)cc2)cc1. The van der Waals surface area contributed by atoms with Gasteiger partial charge in [-0.15, -0.1) is 0 Å². The number of aryl methyl sites for hydroxylation is 1. The number of thioether (sulfide) groups is 1. The van der Waals surface area contributed by atoms with Gasteiger partial charge in [0.15, 0.2) is 0 Å². The summed E-state index contributed by atoms with van der Waals surface area (Å²) in [6, 6.07) is 15.9. The third-order valence-electron chi connectivity index (χ3n) is 4.32. The zero-order chi connectivity index (χ0) is 19.9. The van der Waals surface area contributed by atoms with Crippen molar-refractivity contribution in [2.45, 2.75) is 19.8 Å². The van der Waals surface area contributed by atoms with E-state index in [1.54, 1.807) is 7.05 Å². The molecule has 0 spiro atoms. The van der Waals surface area contributed by atoms with Gasteiger partial charge in [0, 0.05) is 13.5 Å². The molecule has 1 aliphatic rings. The number of likely N-dealkylation sites (N-methyl/N-ethyl adjacent to an activating group) is 1. The Hall–Kier alpha value is -2.31. The molecule has 0 saturated carbocycles. The molecule has 2 aromatic rings. The summed E-state index contributed by atoms with van der Waals surface area (Å²) in [7, 11) is 1.69. The molecule has 0 unspecified atom stereocenters. The van der Waals surface area contributed by atoms with Gasteiger partial charge in [0.1, 0.15) is 15.8 Å². The van der Waals surface area contributed by atoms with Crippen molar-refractivity contribution in [3.63, 3.8) is 0 Å². The zero-order valence-electron chi connectivity index (χ0n) is 16.0. The maximum Gasteiger partial charge on any atom is 0.265 e. The molecule has 28 heavy (non-hydrogen) atoms. The van der Waals surface area contributed by atoms with Crippen molar-refractivity contribution in [1.82, 2.24) is 4.90 Å². The Morgan fingerprint density at radius 3 is 2.07 bits per heavy atom. The molecule has 1 amide bonds. The molecular weight excluding hydrogens is 390 g/mol. The molecule has 1 heterocycles. The molecule has 0 aromatic heterocycles. The molecule has 3 rings (SSSR count). The lowest BCUT2D eigenvalue weighted by Crippen LogP contribution is -2.22. The number of benzene rings is 2. The van der Waals surface area contributed by atoms with Crippen LogP contribution in [-0.2, 0) is 11.2 Å². The summed E-state index contributed by atoms with van der Waals surface area (Å²) in [5, 5.41) is 0. The van der Waals surface area contributed by atoms with E-state index in [4.69, 9.17) is 21.7 Å². The quantitative estimate of drug-likeness (QED) is 0.349. The zero-order valence-corrected chi connectivity index (χ0v) is 17.6. The Kier molecular flexibility index (Phi) is 7.12. The highest BCUT2D eigenvalue weighted by atomic mass is 32.2. The first-order valence-electron chi connectivity index (χ1n) is 9.23. The number of carbonyl (C=O) groups is 1. The van der Waals surface area contributed by atoms with E-state index in [0.717, 1.165) is 29.9 Å². The second-order valence-electron chi connectivity index (χ2n) is 6.36. The summed E-state index contributed by atoms with van der Waals surface area (Å²) >= 11 is 6.47. The van der Waals surface area contributed by atoms with Crippen LogP contribution >= 0.6 is 24.0 Å². The molecule has 1 saturated heterocycles. The molecule has 1 fully saturated rings. The van der Waals surface area contributed by atoms with Gasteiger partial charge in [0.05, 0.1) is 18.1 Å². The molecule has 2 aromatic carbocycles. The summed E-state index contributed by atoms with van der Waals surface area (Å²) in [4.78, 5) is 14.2. The normalized spacial score (nSPS) is 15.4. The number of carbonyl (C=O) groups excluding carboxylic acids is 1. The summed E-state index contributed by atoms with van der Waals surface area (Å²) in [6.07, 6.45) is 3.68. The summed E-state index contributed by atoms with van der Waals surface area (Å²) in [5.41, 5.74) is 2.25. The Labute approximate surface area is 175 Å². The van der Waals surface area contributed by atoms with E-state index in [9.17, 15) is 4.79 Å². The molecule has 4 nitrogen and oxygen atoms in total. The lowest BCUT2D eigenvalue weighted by molar-refractivity contribution is -0.121. The number of ether oxygens (including phenoxy) is 2. The topological polar surface area (TPSA) is 38.8 Å². The van der Waals surface area contributed by atoms with Gasteiger partial charge in [-0.25, -0.2) is 0 Å². The number of nitrogens with zero attached hydrogens (tertiary/aromatic N) is 1. The second-order valence-corrected chi connectivity index (χ2v) is 8.03. The van der Waals surface area contributed by atoms with Crippen LogP contribution in [0.2, 0.25) is 0 Å². The molecule has 0 aliphatic carbocycles. The van der Waals surface area contributed by atoms with Crippen LogP contribution in [0.4, 0.5) is 0 Å². The highest BCUT2D eigenvalue weighted by Gasteiger charge is 2.28. The van der Waals surface area contributed by atoms with E-state index in [0.29, 0.717) is 22.4 Å². The predicted octanol–water partition coefficient (Wildman–Crippen LogP) is 4.93. The van der Waals surface area contributed by atoms with Crippen LogP contribution in [0, 0.1) is 0 Å². The monoisotopic (exact) mass is 413 g/mol. The Bertz CT molecular complexity index is 860. The van der Waals surface area contributed by atoms with Crippen molar-refractivity contribution >= 4 is 40.3 Å². The van der Waals surface area contributed by atoms with E-state index < -0.39 is 0 Å². The Morgan fingerprint density at radius 1 is 1.00 bits per heavy atom. The van der Waals surface area contributed by atoms with Gasteiger partial charge in [0.25, 0.3) is 5.91 Å². The van der Waals surface area contributed by atoms with E-state index in [1.807, 2.05) is 42.5 Å². The molecule has 0 N–H and O–H groups in total. The van der Waals surface area contributed by atoms with Crippen LogP contribution in [0.25, 0.3) is 6.08 Å². The van der Waals surface area contributed by atoms with Gasteiger partial charge in [-0.3, -0.25) is 9.69 Å². The van der Waals surface area contributed by atoms with Crippen molar-refractivity contribution in [2.75, 3.05) is 20.3 Å². The van der Waals surface area contributed by atoms with Crippen molar-refractivity contribution in [2.24, 2.45) is 0 Å². The lowest BCUT2D eigenvalue weighted by atomic mass is 10.2. The van der Waals surface area contributed by atoms with Crippen molar-refractivity contribution in [3.05, 3.63) is 64.6 Å². The fraction of sp³-hybridized carbons (Fsp3) is 0.273.